The lowest BCUT2D eigenvalue weighted by Gasteiger charge is -2.28. The fourth-order valence-electron chi connectivity index (χ4n) is 4.55. The number of ketones is 1. The molecule has 240 valence electrons. The van der Waals surface area contributed by atoms with Gasteiger partial charge >= 0.3 is 6.36 Å². The summed E-state index contributed by atoms with van der Waals surface area (Å²) in [5.41, 5.74) is -0.261. The minimum Gasteiger partial charge on any atom is -0.405 e. The molecule has 1 aliphatic rings. The first kappa shape index (κ1) is 35.6. The third-order valence-electron chi connectivity index (χ3n) is 6.78. The molecule has 10 nitrogen and oxygen atoms in total. The van der Waals surface area contributed by atoms with E-state index in [-0.39, 0.29) is 43.2 Å². The molecule has 3 unspecified atom stereocenters. The van der Waals surface area contributed by atoms with Crippen LogP contribution >= 0.6 is 0 Å². The molecule has 1 saturated carbocycles. The smallest absolute Gasteiger partial charge is 0.405 e. The van der Waals surface area contributed by atoms with E-state index in [1.807, 2.05) is 20.8 Å². The molecule has 1 aromatic rings. The molecular formula is C30H43F3N4O6. The van der Waals surface area contributed by atoms with Gasteiger partial charge in [-0.25, -0.2) is 0 Å². The van der Waals surface area contributed by atoms with Gasteiger partial charge in [-0.1, -0.05) is 45.9 Å². The summed E-state index contributed by atoms with van der Waals surface area (Å²) in [5.74, 6) is -4.45. The molecule has 0 spiro atoms. The van der Waals surface area contributed by atoms with E-state index >= 15 is 0 Å². The summed E-state index contributed by atoms with van der Waals surface area (Å²) in [6.45, 7) is 9.37. The fraction of sp³-hybridized carbons (Fsp3) is 0.633. The van der Waals surface area contributed by atoms with Gasteiger partial charge < -0.3 is 26.0 Å². The van der Waals surface area contributed by atoms with E-state index in [0.717, 1.165) is 12.8 Å². The van der Waals surface area contributed by atoms with E-state index < -0.39 is 59.0 Å². The van der Waals surface area contributed by atoms with Crippen molar-refractivity contribution in [2.24, 2.45) is 5.41 Å². The van der Waals surface area contributed by atoms with Gasteiger partial charge in [0.1, 0.15) is 11.8 Å². The van der Waals surface area contributed by atoms with Crippen LogP contribution in [0.2, 0.25) is 0 Å². The molecule has 0 radical (unpaired) electrons. The molecule has 3 atom stereocenters. The molecule has 0 bridgehead atoms. The maximum absolute atomic E-state index is 13.5. The average Bonchev–Trinajstić information content (AvgIpc) is 3.71. The summed E-state index contributed by atoms with van der Waals surface area (Å²) in [5, 5.41) is 10.4. The monoisotopic (exact) mass is 612 g/mol. The summed E-state index contributed by atoms with van der Waals surface area (Å²) in [7, 11) is 0. The normalized spacial score (nSPS) is 15.4. The predicted molar refractivity (Wildman–Crippen MR) is 153 cm³/mol. The summed E-state index contributed by atoms with van der Waals surface area (Å²) < 4.78 is 43.1. The van der Waals surface area contributed by atoms with Crippen LogP contribution in [0.25, 0.3) is 0 Å². The zero-order chi connectivity index (χ0) is 32.4. The van der Waals surface area contributed by atoms with Crippen molar-refractivity contribution in [2.45, 2.75) is 110 Å². The Kier molecular flexibility index (Phi) is 13.0. The van der Waals surface area contributed by atoms with Crippen LogP contribution in [0.15, 0.2) is 24.3 Å². The van der Waals surface area contributed by atoms with Gasteiger partial charge in [-0.05, 0) is 62.0 Å². The third-order valence-corrected chi connectivity index (χ3v) is 6.78. The number of nitrogens with one attached hydrogen (secondary N) is 4. The molecule has 4 N–H and O–H groups in total. The molecule has 0 saturated heterocycles. The first-order valence-corrected chi connectivity index (χ1v) is 14.6. The summed E-state index contributed by atoms with van der Waals surface area (Å²) in [4.78, 5) is 64.2. The largest absolute Gasteiger partial charge is 0.573 e. The van der Waals surface area contributed by atoms with E-state index in [4.69, 9.17) is 0 Å². The van der Waals surface area contributed by atoms with Gasteiger partial charge in [0.15, 0.2) is 0 Å². The number of rotatable bonds is 16. The summed E-state index contributed by atoms with van der Waals surface area (Å²) in [6, 6.07) is 3.06. The van der Waals surface area contributed by atoms with Gasteiger partial charge in [0.25, 0.3) is 5.91 Å². The Morgan fingerprint density at radius 2 is 1.60 bits per heavy atom. The van der Waals surface area contributed by atoms with Crippen LogP contribution in [0.5, 0.6) is 5.75 Å². The summed E-state index contributed by atoms with van der Waals surface area (Å²) >= 11 is 0. The van der Waals surface area contributed by atoms with Crippen LogP contribution < -0.4 is 26.0 Å². The minimum absolute atomic E-state index is 0.0951. The predicted octanol–water partition coefficient (Wildman–Crippen LogP) is 3.64. The van der Waals surface area contributed by atoms with Crippen LogP contribution in [0.3, 0.4) is 0 Å². The number of Topliss-reactive ketones (excluding diaryl/α,β-unsaturated/α-hetero) is 1. The molecule has 1 aliphatic carbocycles. The SMILES string of the molecule is CCNC(=O)CCC(NC(=O)C(CC(C)(C)C)NC(=O)CC(CC)c1ccccc1OC(F)(F)F)C(=O)C(=O)NC1CC1. The van der Waals surface area contributed by atoms with E-state index in [1.54, 1.807) is 19.9 Å². The zero-order valence-electron chi connectivity index (χ0n) is 25.4. The maximum atomic E-state index is 13.5. The van der Waals surface area contributed by atoms with Gasteiger partial charge in [-0.3, -0.25) is 24.0 Å². The number of halogens is 3. The Balaban J connectivity index is 2.21. The number of alkyl halides is 3. The second kappa shape index (κ2) is 15.7. The number of hydrogen-bond donors (Lipinski definition) is 4. The third kappa shape index (κ3) is 13.0. The lowest BCUT2D eigenvalue weighted by atomic mass is 9.87. The minimum atomic E-state index is -4.91. The second-order valence-electron chi connectivity index (χ2n) is 11.9. The van der Waals surface area contributed by atoms with Gasteiger partial charge in [0.05, 0.1) is 6.04 Å². The highest BCUT2D eigenvalue weighted by atomic mass is 19.4. The van der Waals surface area contributed by atoms with E-state index in [0.29, 0.717) is 13.0 Å². The number of ether oxygens (including phenoxy) is 1. The van der Waals surface area contributed by atoms with Crippen molar-refractivity contribution in [2.75, 3.05) is 6.54 Å². The highest BCUT2D eigenvalue weighted by Gasteiger charge is 2.36. The first-order valence-electron chi connectivity index (χ1n) is 14.6. The quantitative estimate of drug-likeness (QED) is 0.210. The molecule has 0 aliphatic heterocycles. The molecular weight excluding hydrogens is 569 g/mol. The number of benzene rings is 1. The molecule has 0 heterocycles. The molecule has 2 rings (SSSR count). The van der Waals surface area contributed by atoms with Crippen LogP contribution in [-0.2, 0) is 24.0 Å². The van der Waals surface area contributed by atoms with Crippen molar-refractivity contribution in [3.05, 3.63) is 29.8 Å². The van der Waals surface area contributed by atoms with Crippen molar-refractivity contribution in [1.29, 1.82) is 0 Å². The van der Waals surface area contributed by atoms with E-state index in [9.17, 15) is 37.1 Å². The van der Waals surface area contributed by atoms with Crippen LogP contribution in [0.1, 0.15) is 91.0 Å². The zero-order valence-corrected chi connectivity index (χ0v) is 25.4. The molecule has 0 aromatic heterocycles. The standard InChI is InChI=1S/C30H43F3N4O6/c1-6-18(20-10-8-9-11-23(20)43-30(31,32)33)16-25(39)36-22(17-29(3,4)5)27(41)37-21(14-15-24(38)34-7-2)26(40)28(42)35-19-12-13-19/h8-11,18-19,21-22H,6-7,12-17H2,1-5H3,(H,34,38)(H,35,42)(H,36,39)(H,37,41). The Morgan fingerprint density at radius 3 is 2.16 bits per heavy atom. The molecule has 1 fully saturated rings. The summed E-state index contributed by atoms with van der Waals surface area (Å²) in [6.07, 6.45) is -3.41. The van der Waals surface area contributed by atoms with E-state index in [2.05, 4.69) is 26.0 Å². The lowest BCUT2D eigenvalue weighted by Crippen LogP contribution is -2.55. The van der Waals surface area contributed by atoms with Crippen molar-refractivity contribution in [3.63, 3.8) is 0 Å². The number of para-hydroxylation sites is 1. The van der Waals surface area contributed by atoms with Crippen molar-refractivity contribution in [1.82, 2.24) is 21.3 Å². The van der Waals surface area contributed by atoms with Crippen LogP contribution in [0, 0.1) is 5.41 Å². The second-order valence-corrected chi connectivity index (χ2v) is 11.9. The number of hydrogen-bond acceptors (Lipinski definition) is 6. The number of carbonyl (C=O) groups is 5. The van der Waals surface area contributed by atoms with Gasteiger partial charge in [-0.15, -0.1) is 13.2 Å². The highest BCUT2D eigenvalue weighted by Crippen LogP contribution is 2.34. The van der Waals surface area contributed by atoms with Crippen LogP contribution in [0.4, 0.5) is 13.2 Å². The fourth-order valence-corrected chi connectivity index (χ4v) is 4.55. The highest BCUT2D eigenvalue weighted by molar-refractivity contribution is 6.38. The number of amides is 4. The van der Waals surface area contributed by atoms with Crippen molar-refractivity contribution >= 4 is 29.4 Å². The Bertz CT molecular complexity index is 1150. The maximum Gasteiger partial charge on any atom is 0.573 e. The topological polar surface area (TPSA) is 143 Å². The Labute approximate surface area is 250 Å². The molecule has 1 aromatic carbocycles. The molecule has 13 heteroatoms. The first-order chi connectivity index (χ1) is 20.0. The average molecular weight is 613 g/mol. The van der Waals surface area contributed by atoms with Crippen molar-refractivity contribution in [3.8, 4) is 5.75 Å². The van der Waals surface area contributed by atoms with Gasteiger partial charge in [0, 0.05) is 25.4 Å². The Hall–Kier alpha value is -3.64. The van der Waals surface area contributed by atoms with Crippen molar-refractivity contribution < 1.29 is 41.9 Å². The van der Waals surface area contributed by atoms with E-state index in [1.165, 1.54) is 18.2 Å². The molecule has 43 heavy (non-hydrogen) atoms. The van der Waals surface area contributed by atoms with Gasteiger partial charge in [0.2, 0.25) is 23.5 Å². The van der Waals surface area contributed by atoms with Crippen LogP contribution in [-0.4, -0.2) is 60.4 Å². The molecule has 4 amide bonds. The number of carbonyl (C=O) groups excluding carboxylic acids is 5. The Morgan fingerprint density at radius 1 is 0.953 bits per heavy atom. The van der Waals surface area contributed by atoms with Gasteiger partial charge in [-0.2, -0.15) is 0 Å². The lowest BCUT2D eigenvalue weighted by molar-refractivity contribution is -0.275.